The van der Waals surface area contributed by atoms with Gasteiger partial charge in [-0.1, -0.05) is 12.1 Å². The number of hydrogen-bond acceptors (Lipinski definition) is 5. The van der Waals surface area contributed by atoms with Crippen molar-refractivity contribution in [3.05, 3.63) is 29.8 Å². The van der Waals surface area contributed by atoms with E-state index in [9.17, 15) is 4.79 Å². The van der Waals surface area contributed by atoms with Crippen molar-refractivity contribution in [1.29, 1.82) is 0 Å². The first-order valence-corrected chi connectivity index (χ1v) is 5.82. The average molecular weight is 254 g/mol. The highest BCUT2D eigenvalue weighted by Gasteiger charge is 2.00. The highest BCUT2D eigenvalue weighted by molar-refractivity contribution is 5.79. The van der Waals surface area contributed by atoms with Crippen molar-refractivity contribution in [2.24, 2.45) is 0 Å². The molecule has 1 rings (SSSR count). The molecule has 0 unspecified atom stereocenters. The fraction of sp³-hybridized carbons (Fsp3) is 0.462. The largest absolute Gasteiger partial charge is 0.490 e. The molecule has 1 aromatic carbocycles. The molecule has 0 saturated carbocycles. The van der Waals surface area contributed by atoms with Crippen molar-refractivity contribution in [1.82, 2.24) is 0 Å². The first-order valence-electron chi connectivity index (χ1n) is 5.82. The van der Waals surface area contributed by atoms with Crippen LogP contribution >= 0.6 is 0 Å². The van der Waals surface area contributed by atoms with Gasteiger partial charge in [0.05, 0.1) is 38.6 Å². The third-order valence-electron chi connectivity index (χ3n) is 2.14. The standard InChI is InChI=1S/C13H18O5/c14-5-6-16-7-8-17-9-10-18-13-4-2-1-3-12(13)11-15/h1-4,11,14H,5-10H2. The number of ether oxygens (including phenoxy) is 3. The van der Waals surface area contributed by atoms with E-state index < -0.39 is 0 Å². The van der Waals surface area contributed by atoms with E-state index in [1.54, 1.807) is 18.2 Å². The molecule has 18 heavy (non-hydrogen) atoms. The fourth-order valence-corrected chi connectivity index (χ4v) is 1.31. The van der Waals surface area contributed by atoms with E-state index in [2.05, 4.69) is 0 Å². The van der Waals surface area contributed by atoms with Gasteiger partial charge >= 0.3 is 0 Å². The van der Waals surface area contributed by atoms with Gasteiger partial charge < -0.3 is 19.3 Å². The van der Waals surface area contributed by atoms with Crippen LogP contribution in [0.2, 0.25) is 0 Å². The Bertz CT molecular complexity index is 340. The van der Waals surface area contributed by atoms with E-state index >= 15 is 0 Å². The monoisotopic (exact) mass is 254 g/mol. The summed E-state index contributed by atoms with van der Waals surface area (Å²) in [7, 11) is 0. The normalized spacial score (nSPS) is 10.3. The molecule has 0 aromatic heterocycles. The average Bonchev–Trinajstić information content (AvgIpc) is 2.42. The zero-order valence-electron chi connectivity index (χ0n) is 10.2. The third kappa shape index (κ3) is 5.77. The third-order valence-corrected chi connectivity index (χ3v) is 2.14. The molecule has 0 fully saturated rings. The molecular formula is C13H18O5. The van der Waals surface area contributed by atoms with Crippen molar-refractivity contribution in [3.8, 4) is 5.75 Å². The molecular weight excluding hydrogens is 236 g/mol. The van der Waals surface area contributed by atoms with Crippen LogP contribution in [0.25, 0.3) is 0 Å². The highest BCUT2D eigenvalue weighted by Crippen LogP contribution is 2.15. The van der Waals surface area contributed by atoms with Gasteiger partial charge in [-0.05, 0) is 12.1 Å². The number of benzene rings is 1. The Hall–Kier alpha value is -1.43. The minimum Gasteiger partial charge on any atom is -0.490 e. The van der Waals surface area contributed by atoms with Gasteiger partial charge in [-0.3, -0.25) is 4.79 Å². The lowest BCUT2D eigenvalue weighted by atomic mass is 10.2. The summed E-state index contributed by atoms with van der Waals surface area (Å²) in [6.45, 7) is 2.06. The van der Waals surface area contributed by atoms with Crippen LogP contribution in [0.4, 0.5) is 0 Å². The molecule has 0 saturated heterocycles. The summed E-state index contributed by atoms with van der Waals surface area (Å²) in [5.74, 6) is 0.563. The van der Waals surface area contributed by atoms with Crippen LogP contribution in [0.15, 0.2) is 24.3 Å². The summed E-state index contributed by atoms with van der Waals surface area (Å²) in [4.78, 5) is 10.7. The summed E-state index contributed by atoms with van der Waals surface area (Å²) in [6.07, 6.45) is 0.763. The minimum atomic E-state index is 0.0194. The zero-order valence-corrected chi connectivity index (χ0v) is 10.2. The minimum absolute atomic E-state index is 0.0194. The molecule has 1 N–H and O–H groups in total. The van der Waals surface area contributed by atoms with Crippen LogP contribution in [0.5, 0.6) is 5.75 Å². The van der Waals surface area contributed by atoms with E-state index in [1.165, 1.54) is 0 Å². The molecule has 0 aliphatic carbocycles. The predicted molar refractivity (Wildman–Crippen MR) is 66.0 cm³/mol. The molecule has 0 bridgehead atoms. The SMILES string of the molecule is O=Cc1ccccc1OCCOCCOCCO. The Labute approximate surface area is 106 Å². The van der Waals surface area contributed by atoms with E-state index in [-0.39, 0.29) is 6.61 Å². The zero-order chi connectivity index (χ0) is 13.1. The van der Waals surface area contributed by atoms with Crippen molar-refractivity contribution >= 4 is 6.29 Å². The Kier molecular flexibility index (Phi) is 7.79. The molecule has 0 heterocycles. The second-order valence-corrected chi connectivity index (χ2v) is 3.45. The summed E-state index contributed by atoms with van der Waals surface area (Å²) in [6, 6.07) is 7.04. The lowest BCUT2D eigenvalue weighted by Gasteiger charge is -2.08. The predicted octanol–water partition coefficient (Wildman–Crippen LogP) is 0.903. The van der Waals surface area contributed by atoms with Crippen LogP contribution < -0.4 is 4.74 Å². The van der Waals surface area contributed by atoms with Gasteiger partial charge in [0.1, 0.15) is 12.4 Å². The number of para-hydroxylation sites is 1. The van der Waals surface area contributed by atoms with Gasteiger partial charge in [-0.25, -0.2) is 0 Å². The first kappa shape index (κ1) is 14.6. The second-order valence-electron chi connectivity index (χ2n) is 3.45. The summed E-state index contributed by atoms with van der Waals surface area (Å²) < 4.78 is 15.7. The summed E-state index contributed by atoms with van der Waals surface area (Å²) >= 11 is 0. The molecule has 0 amide bonds. The smallest absolute Gasteiger partial charge is 0.153 e. The van der Waals surface area contributed by atoms with Gasteiger partial charge in [-0.15, -0.1) is 0 Å². The van der Waals surface area contributed by atoms with E-state index in [4.69, 9.17) is 19.3 Å². The van der Waals surface area contributed by atoms with E-state index in [1.807, 2.05) is 6.07 Å². The second kappa shape index (κ2) is 9.58. The van der Waals surface area contributed by atoms with Gasteiger partial charge in [0.2, 0.25) is 0 Å². The number of carbonyl (C=O) groups excluding carboxylic acids is 1. The molecule has 5 heteroatoms. The number of aliphatic hydroxyl groups excluding tert-OH is 1. The van der Waals surface area contributed by atoms with Crippen molar-refractivity contribution in [3.63, 3.8) is 0 Å². The van der Waals surface area contributed by atoms with Gasteiger partial charge in [0.25, 0.3) is 0 Å². The first-order chi connectivity index (χ1) is 8.88. The number of rotatable bonds is 10. The highest BCUT2D eigenvalue weighted by atomic mass is 16.5. The molecule has 5 nitrogen and oxygen atoms in total. The fourth-order valence-electron chi connectivity index (χ4n) is 1.31. The molecule has 1 aromatic rings. The molecule has 0 spiro atoms. The topological polar surface area (TPSA) is 65.0 Å². The molecule has 0 aliphatic heterocycles. The van der Waals surface area contributed by atoms with Gasteiger partial charge in [0, 0.05) is 0 Å². The molecule has 100 valence electrons. The number of hydrogen-bond donors (Lipinski definition) is 1. The van der Waals surface area contributed by atoms with Crippen molar-refractivity contribution in [2.75, 3.05) is 39.6 Å². The quantitative estimate of drug-likeness (QED) is 0.496. The summed E-state index contributed by atoms with van der Waals surface area (Å²) in [5.41, 5.74) is 0.531. The van der Waals surface area contributed by atoms with E-state index in [0.29, 0.717) is 44.3 Å². The van der Waals surface area contributed by atoms with Crippen molar-refractivity contribution in [2.45, 2.75) is 0 Å². The number of carbonyl (C=O) groups is 1. The van der Waals surface area contributed by atoms with E-state index in [0.717, 1.165) is 6.29 Å². The molecule has 0 aliphatic rings. The Morgan fingerprint density at radius 2 is 1.67 bits per heavy atom. The Balaban J connectivity index is 2.09. The number of aldehydes is 1. The molecule has 0 atom stereocenters. The lowest BCUT2D eigenvalue weighted by molar-refractivity contribution is 0.0246. The summed E-state index contributed by atoms with van der Waals surface area (Å²) in [5, 5.41) is 8.47. The van der Waals surface area contributed by atoms with Crippen LogP contribution in [0.1, 0.15) is 10.4 Å². The maximum absolute atomic E-state index is 10.7. The lowest BCUT2D eigenvalue weighted by Crippen LogP contribution is -2.12. The Morgan fingerprint density at radius 3 is 2.39 bits per heavy atom. The van der Waals surface area contributed by atoms with Crippen LogP contribution in [0, 0.1) is 0 Å². The van der Waals surface area contributed by atoms with Crippen LogP contribution in [-0.2, 0) is 9.47 Å². The van der Waals surface area contributed by atoms with Gasteiger partial charge in [0.15, 0.2) is 6.29 Å². The maximum Gasteiger partial charge on any atom is 0.153 e. The van der Waals surface area contributed by atoms with Crippen LogP contribution in [-0.4, -0.2) is 51.0 Å². The number of aliphatic hydroxyl groups is 1. The Morgan fingerprint density at radius 1 is 1.00 bits per heavy atom. The van der Waals surface area contributed by atoms with Crippen LogP contribution in [0.3, 0.4) is 0 Å². The molecule has 0 radical (unpaired) electrons. The maximum atomic E-state index is 10.7. The van der Waals surface area contributed by atoms with Gasteiger partial charge in [-0.2, -0.15) is 0 Å². The van der Waals surface area contributed by atoms with Crippen molar-refractivity contribution < 1.29 is 24.1 Å².